The fourth-order valence-electron chi connectivity index (χ4n) is 9.23. The summed E-state index contributed by atoms with van der Waals surface area (Å²) in [5.41, 5.74) is 4.31. The van der Waals surface area contributed by atoms with Gasteiger partial charge in [0, 0.05) is 38.0 Å². The Labute approximate surface area is 417 Å². The zero-order valence-electron chi connectivity index (χ0n) is 40.1. The van der Waals surface area contributed by atoms with Crippen molar-refractivity contribution in [1.82, 2.24) is 20.4 Å². The molecule has 0 saturated carbocycles. The fourth-order valence-corrected chi connectivity index (χ4v) is 9.23. The van der Waals surface area contributed by atoms with Gasteiger partial charge in [-0.3, -0.25) is 14.5 Å². The van der Waals surface area contributed by atoms with E-state index in [9.17, 15) is 29.1 Å². The molecule has 0 spiro atoms. The topological polar surface area (TPSA) is 210 Å². The Morgan fingerprint density at radius 2 is 1.18 bits per heavy atom. The smallest absolute Gasteiger partial charge is 0.410 e. The van der Waals surface area contributed by atoms with Crippen molar-refractivity contribution >= 4 is 30.2 Å². The lowest BCUT2D eigenvalue weighted by Crippen LogP contribution is -2.47. The quantitative estimate of drug-likeness (QED) is 0.0367. The first kappa shape index (κ1) is 50.2. The van der Waals surface area contributed by atoms with Gasteiger partial charge < -0.3 is 58.5 Å². The molecule has 8 rings (SSSR count). The normalized spacial score (nSPS) is 17.1. The Kier molecular flexibility index (Phi) is 16.8. The predicted octanol–water partition coefficient (Wildman–Crippen LogP) is 7.60. The van der Waals surface area contributed by atoms with Gasteiger partial charge in [0.25, 0.3) is 0 Å². The molecule has 0 unspecified atom stereocenters. The molecule has 2 aliphatic heterocycles. The highest BCUT2D eigenvalue weighted by atomic mass is 16.7. The Morgan fingerprint density at radius 1 is 0.653 bits per heavy atom. The second kappa shape index (κ2) is 24.1. The number of phenols is 1. The van der Waals surface area contributed by atoms with Crippen molar-refractivity contribution in [3.63, 3.8) is 0 Å². The molecule has 1 fully saturated rings. The average molecular weight is 987 g/mol. The molecule has 378 valence electrons. The number of carbonyl (C=O) groups excluding carboxylic acids is 5. The molecule has 0 radical (unpaired) electrons. The number of carbonyl (C=O) groups is 5. The number of fused-ring (bicyclic) bond motifs is 3. The second-order valence-electron chi connectivity index (χ2n) is 17.5. The molecule has 5 aromatic carbocycles. The monoisotopic (exact) mass is 986 g/mol. The van der Waals surface area contributed by atoms with E-state index < -0.39 is 60.5 Å². The standard InChI is InChI=1S/C54H58N4O14/c1-65-44-25-38(26-45(66-2)50(44)60)47-39-27-42-43(72-34-71-42)28-40(39)49(41-33-67-51(61)48(41)47)56-46(59)29-58(54(64)70-32-37-19-10-5-11-20-37)24-14-23-57(53(63)69-31-36-17-8-4-9-18-36)22-13-12-21-55-52(62)68-30-35-15-6-3-7-16-35/h3-11,15-20,25-28,41,47-49,60H,12-14,21-24,29-34H2,1-2H3,(H,55,62)(H,56,59)/t41-,47+,48-,49+/m0/s1. The molecule has 18 nitrogen and oxygen atoms in total. The lowest BCUT2D eigenvalue weighted by Gasteiger charge is -2.39. The number of hydrogen-bond acceptors (Lipinski definition) is 14. The highest BCUT2D eigenvalue weighted by molar-refractivity contribution is 5.84. The van der Waals surface area contributed by atoms with Gasteiger partial charge in [0.15, 0.2) is 23.0 Å². The van der Waals surface area contributed by atoms with Gasteiger partial charge in [0.1, 0.15) is 26.4 Å². The predicted molar refractivity (Wildman–Crippen MR) is 259 cm³/mol. The number of benzene rings is 5. The second-order valence-corrected chi connectivity index (χ2v) is 17.5. The first-order valence-electron chi connectivity index (χ1n) is 23.8. The van der Waals surface area contributed by atoms with E-state index in [0.717, 1.165) is 16.7 Å². The van der Waals surface area contributed by atoms with Gasteiger partial charge in [0.05, 0.1) is 32.8 Å². The number of rotatable bonds is 21. The number of unbranched alkanes of at least 4 members (excludes halogenated alkanes) is 1. The summed E-state index contributed by atoms with van der Waals surface area (Å²) in [6.07, 6.45) is -0.584. The van der Waals surface area contributed by atoms with Crippen LogP contribution in [0.4, 0.5) is 14.4 Å². The largest absolute Gasteiger partial charge is 0.502 e. The summed E-state index contributed by atoms with van der Waals surface area (Å²) in [4.78, 5) is 71.0. The average Bonchev–Trinajstić information content (AvgIpc) is 4.04. The number of cyclic esters (lactones) is 1. The number of alkyl carbamates (subject to hydrolysis) is 1. The maximum absolute atomic E-state index is 14.4. The highest BCUT2D eigenvalue weighted by Gasteiger charge is 2.53. The van der Waals surface area contributed by atoms with Crippen molar-refractivity contribution in [2.75, 3.05) is 60.3 Å². The summed E-state index contributed by atoms with van der Waals surface area (Å²) in [6, 6.07) is 33.8. The van der Waals surface area contributed by atoms with Crippen LogP contribution in [0, 0.1) is 11.8 Å². The number of nitrogens with one attached hydrogen (secondary N) is 2. The number of ether oxygens (including phenoxy) is 8. The van der Waals surface area contributed by atoms with Crippen molar-refractivity contribution < 1.29 is 67.0 Å². The van der Waals surface area contributed by atoms with Gasteiger partial charge >= 0.3 is 24.2 Å². The molecule has 2 heterocycles. The summed E-state index contributed by atoms with van der Waals surface area (Å²) < 4.78 is 45.1. The molecule has 72 heavy (non-hydrogen) atoms. The molecule has 5 aromatic rings. The zero-order valence-corrected chi connectivity index (χ0v) is 40.1. The van der Waals surface area contributed by atoms with E-state index in [4.69, 9.17) is 37.9 Å². The first-order chi connectivity index (χ1) is 35.1. The van der Waals surface area contributed by atoms with Crippen LogP contribution in [0.15, 0.2) is 115 Å². The van der Waals surface area contributed by atoms with E-state index in [2.05, 4.69) is 10.6 Å². The Bertz CT molecular complexity index is 2650. The maximum atomic E-state index is 14.4. The molecule has 3 aliphatic rings. The van der Waals surface area contributed by atoms with Crippen molar-refractivity contribution in [2.24, 2.45) is 11.8 Å². The zero-order chi connectivity index (χ0) is 50.4. The number of esters is 1. The van der Waals surface area contributed by atoms with Gasteiger partial charge in [-0.15, -0.1) is 0 Å². The minimum atomic E-state index is -0.800. The minimum absolute atomic E-state index is 0.0124. The number of hydrogen-bond donors (Lipinski definition) is 3. The fraction of sp³-hybridized carbons (Fsp3) is 0.352. The molecule has 0 bridgehead atoms. The van der Waals surface area contributed by atoms with Crippen LogP contribution in [0.3, 0.4) is 0 Å². The third-order valence-corrected chi connectivity index (χ3v) is 12.8. The molecule has 1 aliphatic carbocycles. The van der Waals surface area contributed by atoms with Crippen molar-refractivity contribution in [3.05, 3.63) is 149 Å². The van der Waals surface area contributed by atoms with Gasteiger partial charge in [0.2, 0.25) is 18.4 Å². The lowest BCUT2D eigenvalue weighted by molar-refractivity contribution is -0.141. The van der Waals surface area contributed by atoms with Gasteiger partial charge in [-0.2, -0.15) is 0 Å². The summed E-state index contributed by atoms with van der Waals surface area (Å²) in [5, 5.41) is 16.7. The SMILES string of the molecule is COc1cc([C@@H]2c3cc4c(cc3[C@@H](NC(=O)CN(CCCN(CCCCNC(=O)OCc3ccccc3)C(=O)OCc3ccccc3)C(=O)OCc3ccccc3)[C@H]3COC(=O)[C@H]23)OCO4)cc(OC)c1O. The number of amides is 4. The van der Waals surface area contributed by atoms with Crippen LogP contribution in [0.5, 0.6) is 28.7 Å². The number of nitrogens with zero attached hydrogens (tertiary/aromatic N) is 2. The summed E-state index contributed by atoms with van der Waals surface area (Å²) in [5.74, 6) is -2.06. The third-order valence-electron chi connectivity index (χ3n) is 12.8. The van der Waals surface area contributed by atoms with E-state index in [-0.39, 0.29) is 76.5 Å². The molecule has 18 heteroatoms. The van der Waals surface area contributed by atoms with Crippen LogP contribution in [0.25, 0.3) is 0 Å². The summed E-state index contributed by atoms with van der Waals surface area (Å²) in [6.45, 7) is 0.421. The van der Waals surface area contributed by atoms with E-state index >= 15 is 0 Å². The molecule has 1 saturated heterocycles. The number of methoxy groups -OCH3 is 2. The van der Waals surface area contributed by atoms with Crippen LogP contribution >= 0.6 is 0 Å². The highest BCUT2D eigenvalue weighted by Crippen LogP contribution is 2.55. The van der Waals surface area contributed by atoms with Crippen LogP contribution in [0.2, 0.25) is 0 Å². The summed E-state index contributed by atoms with van der Waals surface area (Å²) >= 11 is 0. The number of aromatic hydroxyl groups is 1. The van der Waals surface area contributed by atoms with E-state index in [1.54, 1.807) is 29.2 Å². The molecular weight excluding hydrogens is 929 g/mol. The minimum Gasteiger partial charge on any atom is -0.502 e. The molecule has 0 aromatic heterocycles. The Hall–Kier alpha value is -8.15. The van der Waals surface area contributed by atoms with Crippen LogP contribution in [0.1, 0.15) is 64.6 Å². The number of phenolic OH excluding ortho intramolecular Hbond substituents is 1. The molecule has 4 atom stereocenters. The van der Waals surface area contributed by atoms with Crippen LogP contribution in [-0.2, 0) is 48.4 Å². The van der Waals surface area contributed by atoms with Crippen molar-refractivity contribution in [1.29, 1.82) is 0 Å². The lowest BCUT2D eigenvalue weighted by atomic mass is 9.65. The molecule has 4 amide bonds. The molecular formula is C54H58N4O14. The third kappa shape index (κ3) is 12.4. The van der Waals surface area contributed by atoms with Crippen LogP contribution < -0.4 is 29.6 Å². The van der Waals surface area contributed by atoms with Crippen LogP contribution in [-0.4, -0.2) is 105 Å². The van der Waals surface area contributed by atoms with E-state index in [0.29, 0.717) is 47.6 Å². The van der Waals surface area contributed by atoms with Gasteiger partial charge in [-0.25, -0.2) is 14.4 Å². The Morgan fingerprint density at radius 3 is 1.76 bits per heavy atom. The first-order valence-corrected chi connectivity index (χ1v) is 23.8. The van der Waals surface area contributed by atoms with Crippen molar-refractivity contribution in [3.8, 4) is 28.7 Å². The van der Waals surface area contributed by atoms with Crippen molar-refractivity contribution in [2.45, 2.75) is 51.0 Å². The van der Waals surface area contributed by atoms with Gasteiger partial charge in [-0.1, -0.05) is 91.0 Å². The van der Waals surface area contributed by atoms with E-state index in [1.165, 1.54) is 19.1 Å². The maximum Gasteiger partial charge on any atom is 0.410 e. The van der Waals surface area contributed by atoms with E-state index in [1.807, 2.05) is 91.0 Å². The Balaban J connectivity index is 0.976. The van der Waals surface area contributed by atoms with Gasteiger partial charge in [-0.05, 0) is 76.9 Å². The summed E-state index contributed by atoms with van der Waals surface area (Å²) in [7, 11) is 2.83. The molecule has 3 N–H and O–H groups in total.